The van der Waals surface area contributed by atoms with Crippen molar-refractivity contribution in [2.75, 3.05) is 7.11 Å². The minimum atomic E-state index is 0.676. The largest absolute Gasteiger partial charge is 0.496 e. The molecule has 1 aromatic heterocycles. The molecule has 21 heavy (non-hydrogen) atoms. The van der Waals surface area contributed by atoms with Gasteiger partial charge in [0.25, 0.3) is 0 Å². The zero-order valence-electron chi connectivity index (χ0n) is 11.7. The van der Waals surface area contributed by atoms with E-state index in [-0.39, 0.29) is 0 Å². The molecule has 106 valence electrons. The van der Waals surface area contributed by atoms with E-state index in [4.69, 9.17) is 4.74 Å². The summed E-state index contributed by atoms with van der Waals surface area (Å²) in [6.45, 7) is 0.676. The Kier molecular flexibility index (Phi) is 4.06. The van der Waals surface area contributed by atoms with Gasteiger partial charge < -0.3 is 4.74 Å². The standard InChI is InChI=1S/C17H15BrN2O/c1-21-17-8-7-16(18)9-14(17)11-20-12-15(10-19-20)13-5-3-2-4-6-13/h2-10,12H,11H2,1H3. The lowest BCUT2D eigenvalue weighted by Gasteiger charge is -2.09. The predicted octanol–water partition coefficient (Wildman–Crippen LogP) is 4.37. The van der Waals surface area contributed by atoms with Crippen LogP contribution in [0.2, 0.25) is 0 Å². The van der Waals surface area contributed by atoms with Gasteiger partial charge in [-0.1, -0.05) is 46.3 Å². The Bertz CT molecular complexity index is 738. The van der Waals surface area contributed by atoms with Gasteiger partial charge in [-0.2, -0.15) is 5.10 Å². The summed E-state index contributed by atoms with van der Waals surface area (Å²) in [6.07, 6.45) is 3.94. The highest BCUT2D eigenvalue weighted by atomic mass is 79.9. The number of rotatable bonds is 4. The Hall–Kier alpha value is -2.07. The highest BCUT2D eigenvalue weighted by molar-refractivity contribution is 9.10. The van der Waals surface area contributed by atoms with Crippen molar-refractivity contribution in [3.63, 3.8) is 0 Å². The lowest BCUT2D eigenvalue weighted by Crippen LogP contribution is -2.02. The molecule has 0 aliphatic heterocycles. The van der Waals surface area contributed by atoms with Crippen LogP contribution in [0.15, 0.2) is 65.4 Å². The smallest absolute Gasteiger partial charge is 0.124 e. The molecule has 0 amide bonds. The number of ether oxygens (including phenoxy) is 1. The van der Waals surface area contributed by atoms with E-state index >= 15 is 0 Å². The number of benzene rings is 2. The average Bonchev–Trinajstić information content (AvgIpc) is 2.97. The van der Waals surface area contributed by atoms with Gasteiger partial charge in [-0.25, -0.2) is 0 Å². The van der Waals surface area contributed by atoms with Crippen LogP contribution in [0.25, 0.3) is 11.1 Å². The maximum atomic E-state index is 5.40. The van der Waals surface area contributed by atoms with Crippen LogP contribution in [0.1, 0.15) is 5.56 Å². The van der Waals surface area contributed by atoms with E-state index in [1.54, 1.807) is 7.11 Å². The normalized spacial score (nSPS) is 10.6. The van der Waals surface area contributed by atoms with Gasteiger partial charge in [-0.15, -0.1) is 0 Å². The second-order valence-corrected chi connectivity index (χ2v) is 5.66. The van der Waals surface area contributed by atoms with Crippen molar-refractivity contribution in [1.82, 2.24) is 9.78 Å². The number of hydrogen-bond acceptors (Lipinski definition) is 2. The minimum absolute atomic E-state index is 0.676. The van der Waals surface area contributed by atoms with Crippen molar-refractivity contribution in [2.24, 2.45) is 0 Å². The number of nitrogens with zero attached hydrogens (tertiary/aromatic N) is 2. The molecule has 3 nitrogen and oxygen atoms in total. The van der Waals surface area contributed by atoms with Gasteiger partial charge in [0.05, 0.1) is 19.9 Å². The monoisotopic (exact) mass is 342 g/mol. The summed E-state index contributed by atoms with van der Waals surface area (Å²) in [5.41, 5.74) is 3.38. The van der Waals surface area contributed by atoms with Gasteiger partial charge >= 0.3 is 0 Å². The lowest BCUT2D eigenvalue weighted by atomic mass is 10.1. The molecular weight excluding hydrogens is 328 g/mol. The van der Waals surface area contributed by atoms with E-state index < -0.39 is 0 Å². The second kappa shape index (κ2) is 6.14. The highest BCUT2D eigenvalue weighted by Crippen LogP contribution is 2.24. The van der Waals surface area contributed by atoms with Crippen LogP contribution in [0, 0.1) is 0 Å². The molecule has 0 fully saturated rings. The summed E-state index contributed by atoms with van der Waals surface area (Å²) in [5.74, 6) is 0.870. The van der Waals surface area contributed by atoms with Crippen LogP contribution in [-0.4, -0.2) is 16.9 Å². The van der Waals surface area contributed by atoms with Crippen molar-refractivity contribution < 1.29 is 4.74 Å². The van der Waals surface area contributed by atoms with Crippen LogP contribution in [-0.2, 0) is 6.54 Å². The molecule has 2 aromatic carbocycles. The fraction of sp³-hybridized carbons (Fsp3) is 0.118. The molecule has 0 N–H and O–H groups in total. The van der Waals surface area contributed by atoms with Crippen LogP contribution < -0.4 is 4.74 Å². The topological polar surface area (TPSA) is 27.1 Å². The molecular formula is C17H15BrN2O. The van der Waals surface area contributed by atoms with Gasteiger partial charge in [0.15, 0.2) is 0 Å². The van der Waals surface area contributed by atoms with Crippen LogP contribution in [0.3, 0.4) is 0 Å². The molecule has 0 atom stereocenters. The quantitative estimate of drug-likeness (QED) is 0.703. The van der Waals surface area contributed by atoms with Gasteiger partial charge in [0.1, 0.15) is 5.75 Å². The van der Waals surface area contributed by atoms with E-state index in [1.165, 1.54) is 5.56 Å². The maximum Gasteiger partial charge on any atom is 0.124 e. The van der Waals surface area contributed by atoms with Crippen molar-refractivity contribution >= 4 is 15.9 Å². The molecule has 0 bridgehead atoms. The number of methoxy groups -OCH3 is 1. The third-order valence-electron chi connectivity index (χ3n) is 3.32. The fourth-order valence-electron chi connectivity index (χ4n) is 2.27. The third-order valence-corrected chi connectivity index (χ3v) is 3.81. The first kappa shape index (κ1) is 13.9. The lowest BCUT2D eigenvalue weighted by molar-refractivity contribution is 0.407. The summed E-state index contributed by atoms with van der Waals surface area (Å²) < 4.78 is 8.36. The molecule has 3 rings (SSSR count). The van der Waals surface area contributed by atoms with Gasteiger partial charge in [0, 0.05) is 21.8 Å². The SMILES string of the molecule is COc1ccc(Br)cc1Cn1cc(-c2ccccc2)cn1. The fourth-order valence-corrected chi connectivity index (χ4v) is 2.68. The zero-order chi connectivity index (χ0) is 14.7. The Morgan fingerprint density at radius 1 is 1.10 bits per heavy atom. The number of hydrogen-bond donors (Lipinski definition) is 0. The zero-order valence-corrected chi connectivity index (χ0v) is 13.2. The van der Waals surface area contributed by atoms with E-state index in [0.717, 1.165) is 21.3 Å². The molecule has 3 aromatic rings. The minimum Gasteiger partial charge on any atom is -0.496 e. The molecule has 0 saturated heterocycles. The van der Waals surface area contributed by atoms with Crippen LogP contribution >= 0.6 is 15.9 Å². The van der Waals surface area contributed by atoms with Crippen molar-refractivity contribution in [2.45, 2.75) is 6.54 Å². The summed E-state index contributed by atoms with van der Waals surface area (Å²) in [7, 11) is 1.69. The first-order valence-electron chi connectivity index (χ1n) is 6.66. The first-order chi connectivity index (χ1) is 10.3. The van der Waals surface area contributed by atoms with E-state index in [0.29, 0.717) is 6.54 Å². The molecule has 0 aliphatic rings. The summed E-state index contributed by atoms with van der Waals surface area (Å²) in [4.78, 5) is 0. The predicted molar refractivity (Wildman–Crippen MR) is 87.5 cm³/mol. The molecule has 1 heterocycles. The van der Waals surface area contributed by atoms with Gasteiger partial charge in [-0.05, 0) is 23.8 Å². The molecule has 0 spiro atoms. The van der Waals surface area contributed by atoms with E-state index in [1.807, 2.05) is 41.2 Å². The summed E-state index contributed by atoms with van der Waals surface area (Å²) in [5, 5.41) is 4.44. The Balaban J connectivity index is 1.87. The van der Waals surface area contributed by atoms with Crippen molar-refractivity contribution in [3.8, 4) is 16.9 Å². The third kappa shape index (κ3) is 3.16. The van der Waals surface area contributed by atoms with Crippen LogP contribution in [0.4, 0.5) is 0 Å². The Morgan fingerprint density at radius 3 is 2.67 bits per heavy atom. The van der Waals surface area contributed by atoms with E-state index in [2.05, 4.69) is 45.4 Å². The van der Waals surface area contributed by atoms with Gasteiger partial charge in [0.2, 0.25) is 0 Å². The molecule has 0 radical (unpaired) electrons. The maximum absolute atomic E-state index is 5.40. The van der Waals surface area contributed by atoms with Crippen LogP contribution in [0.5, 0.6) is 5.75 Å². The molecule has 0 aliphatic carbocycles. The summed E-state index contributed by atoms with van der Waals surface area (Å²) >= 11 is 3.50. The average molecular weight is 343 g/mol. The first-order valence-corrected chi connectivity index (χ1v) is 7.46. The van der Waals surface area contributed by atoms with Crippen molar-refractivity contribution in [3.05, 3.63) is 71.0 Å². The Morgan fingerprint density at radius 2 is 1.90 bits per heavy atom. The second-order valence-electron chi connectivity index (χ2n) is 4.75. The highest BCUT2D eigenvalue weighted by Gasteiger charge is 2.07. The Labute approximate surface area is 132 Å². The van der Waals surface area contributed by atoms with Gasteiger partial charge in [-0.3, -0.25) is 4.68 Å². The number of halogens is 1. The number of aromatic nitrogens is 2. The molecule has 4 heteroatoms. The molecule has 0 unspecified atom stereocenters. The van der Waals surface area contributed by atoms with E-state index in [9.17, 15) is 0 Å². The molecule has 0 saturated carbocycles. The summed E-state index contributed by atoms with van der Waals surface area (Å²) in [6, 6.07) is 16.2. The van der Waals surface area contributed by atoms with Crippen molar-refractivity contribution in [1.29, 1.82) is 0 Å².